The molecule has 0 radical (unpaired) electrons. The Kier molecular flexibility index (Phi) is 4.82. The van der Waals surface area contributed by atoms with E-state index in [0.717, 1.165) is 35.4 Å². The molecule has 0 saturated carbocycles. The highest BCUT2D eigenvalue weighted by Crippen LogP contribution is 2.48. The molecule has 0 aromatic heterocycles. The fourth-order valence-electron chi connectivity index (χ4n) is 5.47. The second kappa shape index (κ2) is 7.37. The van der Waals surface area contributed by atoms with Crippen LogP contribution in [0.5, 0.6) is 5.75 Å². The van der Waals surface area contributed by atoms with Gasteiger partial charge in [-0.3, -0.25) is 9.69 Å². The SMILES string of the molecule is C=C(NC1CCc2ccccc21)c1ccc2c(c1)C(N1C(=O)CC(C)(C)N=C1N)C(C)(C)O2. The zero-order valence-corrected chi connectivity index (χ0v) is 19.8. The number of carbonyl (C=O) groups excluding carboxylic acids is 1. The van der Waals surface area contributed by atoms with Crippen molar-refractivity contribution in [2.45, 2.75) is 70.2 Å². The molecule has 0 saturated heterocycles. The average Bonchev–Trinajstić information content (AvgIpc) is 3.24. The molecule has 172 valence electrons. The maximum absolute atomic E-state index is 13.2. The van der Waals surface area contributed by atoms with Crippen LogP contribution in [0.1, 0.15) is 74.9 Å². The highest BCUT2D eigenvalue weighted by Gasteiger charge is 2.49. The number of ether oxygens (including phenoxy) is 1. The van der Waals surface area contributed by atoms with Crippen molar-refractivity contribution in [1.29, 1.82) is 0 Å². The van der Waals surface area contributed by atoms with E-state index >= 15 is 0 Å². The van der Waals surface area contributed by atoms with Crippen molar-refractivity contribution < 1.29 is 9.53 Å². The molecule has 0 spiro atoms. The zero-order valence-electron chi connectivity index (χ0n) is 19.8. The third kappa shape index (κ3) is 3.67. The fourth-order valence-corrected chi connectivity index (χ4v) is 5.47. The van der Waals surface area contributed by atoms with Crippen LogP contribution in [-0.2, 0) is 11.2 Å². The number of nitrogens with two attached hydrogens (primary N) is 1. The third-order valence-electron chi connectivity index (χ3n) is 6.94. The summed E-state index contributed by atoms with van der Waals surface area (Å²) in [4.78, 5) is 19.4. The number of aryl methyl sites for hydroxylation is 1. The Morgan fingerprint density at radius 1 is 1.18 bits per heavy atom. The van der Waals surface area contributed by atoms with E-state index in [4.69, 9.17) is 10.5 Å². The zero-order chi connectivity index (χ0) is 23.5. The van der Waals surface area contributed by atoms with E-state index in [2.05, 4.69) is 47.2 Å². The molecule has 3 aliphatic rings. The van der Waals surface area contributed by atoms with Crippen molar-refractivity contribution in [2.75, 3.05) is 0 Å². The highest BCUT2D eigenvalue weighted by atomic mass is 16.5. The summed E-state index contributed by atoms with van der Waals surface area (Å²) in [5, 5.41) is 3.62. The Morgan fingerprint density at radius 2 is 1.94 bits per heavy atom. The molecule has 2 aromatic carbocycles. The normalized spacial score (nSPS) is 24.5. The number of aliphatic imine (C=N–C) groups is 1. The summed E-state index contributed by atoms with van der Waals surface area (Å²) in [6, 6.07) is 14.5. The Morgan fingerprint density at radius 3 is 2.70 bits per heavy atom. The Balaban J connectivity index is 1.46. The summed E-state index contributed by atoms with van der Waals surface area (Å²) in [6.45, 7) is 12.2. The Bertz CT molecular complexity index is 1180. The van der Waals surface area contributed by atoms with Gasteiger partial charge in [-0.15, -0.1) is 0 Å². The van der Waals surface area contributed by atoms with Crippen LogP contribution in [0, 0.1) is 0 Å². The second-order valence-corrected chi connectivity index (χ2v) is 10.5. The highest BCUT2D eigenvalue weighted by molar-refractivity contribution is 5.99. The number of fused-ring (bicyclic) bond motifs is 2. The summed E-state index contributed by atoms with van der Waals surface area (Å²) < 4.78 is 6.27. The first-order chi connectivity index (χ1) is 15.6. The van der Waals surface area contributed by atoms with Crippen LogP contribution in [0.2, 0.25) is 0 Å². The van der Waals surface area contributed by atoms with E-state index in [1.54, 1.807) is 4.90 Å². The molecule has 33 heavy (non-hydrogen) atoms. The van der Waals surface area contributed by atoms with Gasteiger partial charge in [-0.05, 0) is 75.4 Å². The molecule has 6 heteroatoms. The second-order valence-electron chi connectivity index (χ2n) is 10.5. The van der Waals surface area contributed by atoms with Gasteiger partial charge in [0, 0.05) is 11.3 Å². The van der Waals surface area contributed by atoms with Gasteiger partial charge in [0.15, 0.2) is 5.96 Å². The molecule has 3 N–H and O–H groups in total. The van der Waals surface area contributed by atoms with Gasteiger partial charge in [0.2, 0.25) is 5.91 Å². The van der Waals surface area contributed by atoms with Crippen molar-refractivity contribution in [3.8, 4) is 5.75 Å². The van der Waals surface area contributed by atoms with Crippen molar-refractivity contribution in [3.05, 3.63) is 71.3 Å². The van der Waals surface area contributed by atoms with E-state index < -0.39 is 11.1 Å². The Labute approximate surface area is 195 Å². The lowest BCUT2D eigenvalue weighted by Gasteiger charge is -2.40. The van der Waals surface area contributed by atoms with Crippen molar-refractivity contribution in [3.63, 3.8) is 0 Å². The van der Waals surface area contributed by atoms with Gasteiger partial charge in [-0.2, -0.15) is 0 Å². The molecular formula is C27H32N4O2. The lowest BCUT2D eigenvalue weighted by atomic mass is 9.89. The van der Waals surface area contributed by atoms with E-state index in [0.29, 0.717) is 6.42 Å². The molecule has 2 unspecified atom stereocenters. The predicted octanol–water partition coefficient (Wildman–Crippen LogP) is 4.47. The molecule has 0 fully saturated rings. The average molecular weight is 445 g/mol. The lowest BCUT2D eigenvalue weighted by Crippen LogP contribution is -2.55. The van der Waals surface area contributed by atoms with Gasteiger partial charge in [-0.25, -0.2) is 4.99 Å². The van der Waals surface area contributed by atoms with Crippen LogP contribution >= 0.6 is 0 Å². The van der Waals surface area contributed by atoms with Crippen molar-refractivity contribution in [2.24, 2.45) is 10.7 Å². The minimum atomic E-state index is -0.641. The predicted molar refractivity (Wildman–Crippen MR) is 131 cm³/mol. The van der Waals surface area contributed by atoms with Crippen molar-refractivity contribution >= 4 is 17.6 Å². The van der Waals surface area contributed by atoms with Crippen molar-refractivity contribution in [1.82, 2.24) is 10.2 Å². The van der Waals surface area contributed by atoms with Gasteiger partial charge in [0.05, 0.1) is 18.0 Å². The van der Waals surface area contributed by atoms with E-state index in [1.165, 1.54) is 11.1 Å². The molecule has 1 amide bonds. The van der Waals surface area contributed by atoms with Gasteiger partial charge in [-0.1, -0.05) is 30.8 Å². The molecule has 6 nitrogen and oxygen atoms in total. The van der Waals surface area contributed by atoms with E-state index in [9.17, 15) is 4.79 Å². The first-order valence-corrected chi connectivity index (χ1v) is 11.6. The molecule has 5 rings (SSSR count). The first-order valence-electron chi connectivity index (χ1n) is 11.6. The number of hydrogen-bond donors (Lipinski definition) is 2. The van der Waals surface area contributed by atoms with Gasteiger partial charge < -0.3 is 15.8 Å². The van der Waals surface area contributed by atoms with Crippen LogP contribution in [-0.4, -0.2) is 27.9 Å². The minimum absolute atomic E-state index is 0.0352. The number of amides is 1. The van der Waals surface area contributed by atoms with Crippen LogP contribution in [0.4, 0.5) is 0 Å². The molecule has 2 aliphatic heterocycles. The molecule has 0 bridgehead atoms. The number of carbonyl (C=O) groups is 1. The molecule has 2 atom stereocenters. The molecular weight excluding hydrogens is 412 g/mol. The van der Waals surface area contributed by atoms with Gasteiger partial charge in [0.1, 0.15) is 17.4 Å². The van der Waals surface area contributed by atoms with E-state index in [-0.39, 0.29) is 24.0 Å². The number of nitrogens with zero attached hydrogens (tertiary/aromatic N) is 2. The molecule has 1 aliphatic carbocycles. The fraction of sp³-hybridized carbons (Fsp3) is 0.407. The smallest absolute Gasteiger partial charge is 0.232 e. The number of rotatable bonds is 4. The summed E-state index contributed by atoms with van der Waals surface area (Å²) >= 11 is 0. The minimum Gasteiger partial charge on any atom is -0.485 e. The number of hydrogen-bond acceptors (Lipinski definition) is 5. The van der Waals surface area contributed by atoms with Crippen LogP contribution in [0.25, 0.3) is 5.70 Å². The number of guanidine groups is 1. The monoisotopic (exact) mass is 444 g/mol. The summed E-state index contributed by atoms with van der Waals surface area (Å²) in [6.07, 6.45) is 2.43. The number of benzene rings is 2. The summed E-state index contributed by atoms with van der Waals surface area (Å²) in [5.74, 6) is 0.973. The van der Waals surface area contributed by atoms with E-state index in [1.807, 2.05) is 39.8 Å². The third-order valence-corrected chi connectivity index (χ3v) is 6.94. The standard InChI is InChI=1S/C27H32N4O2/c1-16(29-21-12-10-17-8-6-7-9-19(17)21)18-11-13-22-20(14-18)24(27(4,5)33-22)31-23(32)15-26(2,3)30-25(31)28/h6-9,11,13-14,21,24,29H,1,10,12,15H2,2-5H3,(H2,28,30). The summed E-state index contributed by atoms with van der Waals surface area (Å²) in [7, 11) is 0. The quantitative estimate of drug-likeness (QED) is 0.729. The van der Waals surface area contributed by atoms with Crippen LogP contribution < -0.4 is 15.8 Å². The molecule has 2 heterocycles. The first kappa shape index (κ1) is 21.6. The maximum Gasteiger partial charge on any atom is 0.232 e. The topological polar surface area (TPSA) is 80.0 Å². The van der Waals surface area contributed by atoms with Gasteiger partial charge >= 0.3 is 0 Å². The van der Waals surface area contributed by atoms with Gasteiger partial charge in [0.25, 0.3) is 0 Å². The maximum atomic E-state index is 13.2. The molecule has 2 aromatic rings. The summed E-state index contributed by atoms with van der Waals surface area (Å²) in [5.41, 5.74) is 10.7. The Hall–Kier alpha value is -3.28. The number of nitrogens with one attached hydrogen (secondary N) is 1. The van der Waals surface area contributed by atoms with Crippen LogP contribution in [0.15, 0.2) is 54.0 Å². The lowest BCUT2D eigenvalue weighted by molar-refractivity contribution is -0.133. The largest absolute Gasteiger partial charge is 0.485 e. The van der Waals surface area contributed by atoms with Crippen LogP contribution in [0.3, 0.4) is 0 Å².